The SMILES string of the molecule is Cc1ccc(C)c(COC2CCN(S(=O)(=O)[C@H](CC(=O)NO)c3ccccc3)CC2)c1. The van der Waals surface area contributed by atoms with Crippen molar-refractivity contribution in [3.8, 4) is 0 Å². The van der Waals surface area contributed by atoms with Crippen molar-refractivity contribution in [2.24, 2.45) is 0 Å². The number of carbonyl (C=O) groups excluding carboxylic acids is 1. The second-order valence-electron chi connectivity index (χ2n) is 8.02. The molecule has 1 aliphatic heterocycles. The molecule has 1 amide bonds. The van der Waals surface area contributed by atoms with Gasteiger partial charge in [-0.2, -0.15) is 0 Å². The molecule has 2 N–H and O–H groups in total. The van der Waals surface area contributed by atoms with Crippen LogP contribution in [0, 0.1) is 13.8 Å². The van der Waals surface area contributed by atoms with Gasteiger partial charge in [0.2, 0.25) is 15.9 Å². The highest BCUT2D eigenvalue weighted by Crippen LogP contribution is 2.31. The van der Waals surface area contributed by atoms with Gasteiger partial charge in [-0.25, -0.2) is 18.2 Å². The maximum atomic E-state index is 13.3. The lowest BCUT2D eigenvalue weighted by Crippen LogP contribution is -2.43. The Bertz CT molecular complexity index is 986. The van der Waals surface area contributed by atoms with Gasteiger partial charge in [-0.05, 0) is 43.4 Å². The van der Waals surface area contributed by atoms with E-state index in [0.717, 1.165) is 5.56 Å². The number of nitrogens with one attached hydrogen (secondary N) is 1. The number of carbonyl (C=O) groups is 1. The maximum Gasteiger partial charge on any atom is 0.245 e. The zero-order chi connectivity index (χ0) is 22.4. The molecule has 0 aliphatic carbocycles. The zero-order valence-electron chi connectivity index (χ0n) is 18.0. The van der Waals surface area contributed by atoms with Crippen molar-refractivity contribution in [1.29, 1.82) is 0 Å². The van der Waals surface area contributed by atoms with Crippen molar-refractivity contribution in [2.75, 3.05) is 13.1 Å². The second kappa shape index (κ2) is 10.4. The standard InChI is InChI=1S/C23H30N2O5S/c1-17-8-9-18(2)20(14-17)16-30-21-10-12-25(13-11-21)31(28,29)22(15-23(26)24-27)19-6-4-3-5-7-19/h3-9,14,21-22,27H,10-13,15-16H2,1-2H3,(H,24,26)/t22-/m1/s1. The van der Waals surface area contributed by atoms with Crippen molar-refractivity contribution in [2.45, 2.75) is 51.1 Å². The number of hydrogen-bond donors (Lipinski definition) is 2. The normalized spacial score (nSPS) is 16.7. The molecule has 3 rings (SSSR count). The van der Waals surface area contributed by atoms with E-state index in [1.807, 2.05) is 6.92 Å². The number of nitrogens with zero attached hydrogens (tertiary/aromatic N) is 1. The average Bonchev–Trinajstić information content (AvgIpc) is 2.78. The van der Waals surface area contributed by atoms with E-state index in [1.165, 1.54) is 15.4 Å². The van der Waals surface area contributed by atoms with E-state index in [2.05, 4.69) is 25.1 Å². The van der Waals surface area contributed by atoms with Gasteiger partial charge in [-0.1, -0.05) is 54.1 Å². The molecule has 1 aliphatic rings. The van der Waals surface area contributed by atoms with E-state index in [-0.39, 0.29) is 12.5 Å². The first-order valence-electron chi connectivity index (χ1n) is 10.5. The quantitative estimate of drug-likeness (QED) is 0.479. The largest absolute Gasteiger partial charge is 0.373 e. The maximum absolute atomic E-state index is 13.3. The summed E-state index contributed by atoms with van der Waals surface area (Å²) in [6, 6.07) is 14.9. The first-order valence-corrected chi connectivity index (χ1v) is 12.0. The van der Waals surface area contributed by atoms with E-state index < -0.39 is 21.2 Å². The Morgan fingerprint density at radius 3 is 2.48 bits per heavy atom. The first-order chi connectivity index (χ1) is 14.8. The highest BCUT2D eigenvalue weighted by molar-refractivity contribution is 7.89. The van der Waals surface area contributed by atoms with Gasteiger partial charge < -0.3 is 4.74 Å². The third kappa shape index (κ3) is 5.92. The lowest BCUT2D eigenvalue weighted by molar-refractivity contribution is -0.129. The predicted molar refractivity (Wildman–Crippen MR) is 118 cm³/mol. The number of rotatable bonds is 8. The van der Waals surface area contributed by atoms with Crippen LogP contribution in [0.2, 0.25) is 0 Å². The van der Waals surface area contributed by atoms with Crippen molar-refractivity contribution in [1.82, 2.24) is 9.79 Å². The van der Waals surface area contributed by atoms with E-state index in [9.17, 15) is 13.2 Å². The van der Waals surface area contributed by atoms with Crippen LogP contribution in [0.1, 0.15) is 46.8 Å². The lowest BCUT2D eigenvalue weighted by Gasteiger charge is -2.33. The van der Waals surface area contributed by atoms with Gasteiger partial charge in [0, 0.05) is 13.1 Å². The summed E-state index contributed by atoms with van der Waals surface area (Å²) in [5.41, 5.74) is 5.58. The van der Waals surface area contributed by atoms with Gasteiger partial charge in [-0.15, -0.1) is 0 Å². The molecule has 2 aromatic rings. The van der Waals surface area contributed by atoms with Gasteiger partial charge in [0.05, 0.1) is 19.1 Å². The number of sulfonamides is 1. The molecular weight excluding hydrogens is 416 g/mol. The molecule has 31 heavy (non-hydrogen) atoms. The Kier molecular flexibility index (Phi) is 7.83. The van der Waals surface area contributed by atoms with Crippen molar-refractivity contribution in [3.05, 3.63) is 70.8 Å². The van der Waals surface area contributed by atoms with E-state index >= 15 is 0 Å². The minimum absolute atomic E-state index is 0.0118. The van der Waals surface area contributed by atoms with Crippen LogP contribution in [-0.4, -0.2) is 43.0 Å². The fourth-order valence-electron chi connectivity index (χ4n) is 3.87. The first kappa shape index (κ1) is 23.4. The molecule has 0 spiro atoms. The third-order valence-corrected chi connectivity index (χ3v) is 8.01. The summed E-state index contributed by atoms with van der Waals surface area (Å²) in [4.78, 5) is 11.8. The summed E-state index contributed by atoms with van der Waals surface area (Å²) in [6.45, 7) is 5.29. The number of aryl methyl sites for hydroxylation is 2. The van der Waals surface area contributed by atoms with Gasteiger partial charge in [0.15, 0.2) is 0 Å². The highest BCUT2D eigenvalue weighted by atomic mass is 32.2. The van der Waals surface area contributed by atoms with Gasteiger partial charge in [-0.3, -0.25) is 10.0 Å². The molecule has 1 saturated heterocycles. The minimum atomic E-state index is -3.78. The summed E-state index contributed by atoms with van der Waals surface area (Å²) in [5.74, 6) is -0.732. The fourth-order valence-corrected chi connectivity index (χ4v) is 5.82. The molecule has 8 heteroatoms. The van der Waals surface area contributed by atoms with Crippen LogP contribution < -0.4 is 5.48 Å². The number of amides is 1. The van der Waals surface area contributed by atoms with Crippen LogP contribution in [-0.2, 0) is 26.2 Å². The van der Waals surface area contributed by atoms with Crippen LogP contribution in [0.4, 0.5) is 0 Å². The number of benzene rings is 2. The topological polar surface area (TPSA) is 95.9 Å². The molecule has 2 aromatic carbocycles. The van der Waals surface area contributed by atoms with Crippen LogP contribution in [0.15, 0.2) is 48.5 Å². The molecule has 0 bridgehead atoms. The smallest absolute Gasteiger partial charge is 0.245 e. The zero-order valence-corrected chi connectivity index (χ0v) is 18.8. The molecule has 0 aromatic heterocycles. The Morgan fingerprint density at radius 1 is 1.16 bits per heavy atom. The van der Waals surface area contributed by atoms with E-state index in [1.54, 1.807) is 35.8 Å². The fraction of sp³-hybridized carbons (Fsp3) is 0.435. The molecule has 1 heterocycles. The van der Waals surface area contributed by atoms with Gasteiger partial charge >= 0.3 is 0 Å². The Hall–Kier alpha value is -2.26. The summed E-state index contributed by atoms with van der Waals surface area (Å²) in [6.07, 6.45) is 0.837. The van der Waals surface area contributed by atoms with Crippen molar-refractivity contribution < 1.29 is 23.2 Å². The predicted octanol–water partition coefficient (Wildman–Crippen LogP) is 3.25. The van der Waals surface area contributed by atoms with Crippen LogP contribution >= 0.6 is 0 Å². The van der Waals surface area contributed by atoms with Crippen LogP contribution in [0.5, 0.6) is 0 Å². The second-order valence-corrected chi connectivity index (χ2v) is 10.1. The number of piperidine rings is 1. The molecule has 0 radical (unpaired) electrons. The van der Waals surface area contributed by atoms with Gasteiger partial charge in [0.1, 0.15) is 5.25 Å². The summed E-state index contributed by atoms with van der Waals surface area (Å²) < 4.78 is 34.2. The average molecular weight is 447 g/mol. The van der Waals surface area contributed by atoms with Gasteiger partial charge in [0.25, 0.3) is 0 Å². The number of hydrogen-bond acceptors (Lipinski definition) is 5. The molecule has 0 saturated carbocycles. The Balaban J connectivity index is 1.64. The van der Waals surface area contributed by atoms with E-state index in [4.69, 9.17) is 9.94 Å². The van der Waals surface area contributed by atoms with Crippen molar-refractivity contribution >= 4 is 15.9 Å². The molecule has 7 nitrogen and oxygen atoms in total. The molecule has 0 unspecified atom stereocenters. The molecule has 1 atom stereocenters. The molecule has 168 valence electrons. The monoisotopic (exact) mass is 446 g/mol. The Morgan fingerprint density at radius 2 is 1.84 bits per heavy atom. The molecule has 1 fully saturated rings. The van der Waals surface area contributed by atoms with Crippen LogP contribution in [0.25, 0.3) is 0 Å². The summed E-state index contributed by atoms with van der Waals surface area (Å²) in [7, 11) is -3.78. The summed E-state index contributed by atoms with van der Waals surface area (Å²) >= 11 is 0. The summed E-state index contributed by atoms with van der Waals surface area (Å²) in [5, 5.41) is 7.86. The lowest BCUT2D eigenvalue weighted by atomic mass is 10.1. The molecular formula is C23H30N2O5S. The Labute approximate surface area is 184 Å². The van der Waals surface area contributed by atoms with E-state index in [0.29, 0.717) is 38.1 Å². The van der Waals surface area contributed by atoms with Crippen LogP contribution in [0.3, 0.4) is 0 Å². The minimum Gasteiger partial charge on any atom is -0.373 e. The number of ether oxygens (including phenoxy) is 1. The third-order valence-electron chi connectivity index (χ3n) is 5.77. The number of hydroxylamine groups is 1. The van der Waals surface area contributed by atoms with Crippen molar-refractivity contribution in [3.63, 3.8) is 0 Å². The highest BCUT2D eigenvalue weighted by Gasteiger charge is 2.37.